The molecule has 1 unspecified atom stereocenters. The monoisotopic (exact) mass is 491 g/mol. The van der Waals surface area contributed by atoms with E-state index < -0.39 is 16.1 Å². The number of amidine groups is 1. The summed E-state index contributed by atoms with van der Waals surface area (Å²) in [4.78, 5) is 27.7. The number of carbonyl (C=O) groups excluding carboxylic acids is 2. The van der Waals surface area contributed by atoms with Crippen molar-refractivity contribution in [3.63, 3.8) is 0 Å². The van der Waals surface area contributed by atoms with Crippen molar-refractivity contribution >= 4 is 33.4 Å². The fraction of sp³-hybridized carbons (Fsp3) is 0.160. The number of nitrogens with one attached hydrogen (secondary N) is 2. The molecule has 2 amide bonds. The molecular formula is C25H25N5O4S. The molecule has 1 saturated heterocycles. The molecule has 1 fully saturated rings. The average molecular weight is 492 g/mol. The van der Waals surface area contributed by atoms with Gasteiger partial charge in [-0.05, 0) is 48.7 Å². The van der Waals surface area contributed by atoms with Crippen LogP contribution in [-0.2, 0) is 14.8 Å². The number of nitrogens with two attached hydrogens (primary N) is 2. The quantitative estimate of drug-likeness (QED) is 0.307. The summed E-state index contributed by atoms with van der Waals surface area (Å²) in [5.41, 5.74) is 7.97. The van der Waals surface area contributed by atoms with Crippen LogP contribution >= 0.6 is 0 Å². The minimum Gasteiger partial charge on any atom is -0.384 e. The first-order valence-corrected chi connectivity index (χ1v) is 12.5. The second-order valence-electron chi connectivity index (χ2n) is 8.26. The lowest BCUT2D eigenvalue weighted by Crippen LogP contribution is -2.43. The van der Waals surface area contributed by atoms with Crippen molar-refractivity contribution in [3.8, 4) is 11.1 Å². The standard InChI is InChI=1S/C25H25N5O4S/c26-23(27)17-5-3-6-18(15-17)25(32)30-14-4-8-21(30)24(31)29-19-12-10-16(11-13-19)20-7-1-2-9-22(20)35(28,33)34/h1-3,5-7,9-13,15,21H,4,8,14H2,(H3,26,27)(H,29,31)(H2,28,33,34). The summed E-state index contributed by atoms with van der Waals surface area (Å²) < 4.78 is 23.8. The zero-order valence-electron chi connectivity index (χ0n) is 18.8. The number of hydrogen-bond donors (Lipinski definition) is 4. The van der Waals surface area contributed by atoms with E-state index in [1.807, 2.05) is 0 Å². The van der Waals surface area contributed by atoms with Crippen molar-refractivity contribution < 1.29 is 18.0 Å². The molecule has 0 saturated carbocycles. The molecule has 3 aromatic carbocycles. The molecule has 10 heteroatoms. The lowest BCUT2D eigenvalue weighted by molar-refractivity contribution is -0.119. The molecule has 6 N–H and O–H groups in total. The van der Waals surface area contributed by atoms with E-state index in [0.717, 1.165) is 0 Å². The molecule has 0 radical (unpaired) electrons. The second-order valence-corrected chi connectivity index (χ2v) is 9.79. The third kappa shape index (κ3) is 5.23. The van der Waals surface area contributed by atoms with E-state index in [1.165, 1.54) is 11.0 Å². The van der Waals surface area contributed by atoms with E-state index in [1.54, 1.807) is 66.7 Å². The molecule has 0 aliphatic carbocycles. The van der Waals surface area contributed by atoms with Crippen molar-refractivity contribution in [3.05, 3.63) is 83.9 Å². The SMILES string of the molecule is N=C(N)c1cccc(C(=O)N2CCCC2C(=O)Nc2ccc(-c3ccccc3S(N)(=O)=O)cc2)c1. The normalized spacial score (nSPS) is 15.6. The van der Waals surface area contributed by atoms with Gasteiger partial charge in [-0.25, -0.2) is 13.6 Å². The maximum atomic E-state index is 13.1. The Morgan fingerprint density at radius 3 is 2.34 bits per heavy atom. The number of amides is 2. The van der Waals surface area contributed by atoms with Crippen LogP contribution in [0.2, 0.25) is 0 Å². The molecule has 1 heterocycles. The van der Waals surface area contributed by atoms with Crippen molar-refractivity contribution in [2.75, 3.05) is 11.9 Å². The highest BCUT2D eigenvalue weighted by Gasteiger charge is 2.34. The number of likely N-dealkylation sites (tertiary alicyclic amines) is 1. The summed E-state index contributed by atoms with van der Waals surface area (Å²) >= 11 is 0. The van der Waals surface area contributed by atoms with E-state index in [2.05, 4.69) is 5.32 Å². The van der Waals surface area contributed by atoms with E-state index in [-0.39, 0.29) is 22.5 Å². The summed E-state index contributed by atoms with van der Waals surface area (Å²) in [6.07, 6.45) is 1.23. The largest absolute Gasteiger partial charge is 0.384 e. The molecule has 0 spiro atoms. The zero-order valence-corrected chi connectivity index (χ0v) is 19.6. The van der Waals surface area contributed by atoms with E-state index in [4.69, 9.17) is 16.3 Å². The first kappa shape index (κ1) is 24.1. The molecule has 0 aromatic heterocycles. The maximum absolute atomic E-state index is 13.1. The van der Waals surface area contributed by atoms with Crippen LogP contribution in [0.15, 0.2) is 77.7 Å². The lowest BCUT2D eigenvalue weighted by Gasteiger charge is -2.24. The molecule has 1 aliphatic heterocycles. The third-order valence-electron chi connectivity index (χ3n) is 5.89. The van der Waals surface area contributed by atoms with E-state index >= 15 is 0 Å². The molecule has 35 heavy (non-hydrogen) atoms. The van der Waals surface area contributed by atoms with E-state index in [9.17, 15) is 18.0 Å². The Morgan fingerprint density at radius 2 is 1.66 bits per heavy atom. The van der Waals surface area contributed by atoms with Gasteiger partial charge in [0.1, 0.15) is 11.9 Å². The zero-order chi connectivity index (χ0) is 25.2. The predicted octanol–water partition coefficient (Wildman–Crippen LogP) is 2.53. The molecule has 180 valence electrons. The number of benzene rings is 3. The highest BCUT2D eigenvalue weighted by atomic mass is 32.2. The number of sulfonamides is 1. The smallest absolute Gasteiger partial charge is 0.254 e. The Kier molecular flexibility index (Phi) is 6.68. The van der Waals surface area contributed by atoms with Crippen LogP contribution in [0, 0.1) is 5.41 Å². The highest BCUT2D eigenvalue weighted by molar-refractivity contribution is 7.89. The molecule has 4 rings (SSSR count). The highest BCUT2D eigenvalue weighted by Crippen LogP contribution is 2.28. The Hall–Kier alpha value is -4.02. The third-order valence-corrected chi connectivity index (χ3v) is 6.86. The molecule has 3 aromatic rings. The van der Waals surface area contributed by atoms with Gasteiger partial charge in [0.2, 0.25) is 15.9 Å². The Morgan fingerprint density at radius 1 is 0.971 bits per heavy atom. The Labute approximate surface area is 203 Å². The number of hydrogen-bond acceptors (Lipinski definition) is 5. The Balaban J connectivity index is 1.50. The number of anilines is 1. The molecule has 1 aliphatic rings. The average Bonchev–Trinajstić information content (AvgIpc) is 3.34. The van der Waals surface area contributed by atoms with Crippen LogP contribution < -0.4 is 16.2 Å². The van der Waals surface area contributed by atoms with Gasteiger partial charge in [-0.3, -0.25) is 15.0 Å². The van der Waals surface area contributed by atoms with Gasteiger partial charge < -0.3 is 16.0 Å². The molecular weight excluding hydrogens is 466 g/mol. The van der Waals surface area contributed by atoms with Gasteiger partial charge in [0, 0.05) is 28.9 Å². The van der Waals surface area contributed by atoms with Gasteiger partial charge in [-0.15, -0.1) is 0 Å². The van der Waals surface area contributed by atoms with Crippen molar-refractivity contribution in [2.24, 2.45) is 10.9 Å². The number of nitrogens with zero attached hydrogens (tertiary/aromatic N) is 1. The lowest BCUT2D eigenvalue weighted by atomic mass is 10.1. The maximum Gasteiger partial charge on any atom is 0.254 e. The fourth-order valence-corrected chi connectivity index (χ4v) is 4.94. The first-order valence-electron chi connectivity index (χ1n) is 10.9. The number of primary sulfonamides is 1. The molecule has 0 bridgehead atoms. The second kappa shape index (κ2) is 9.69. The Bertz CT molecular complexity index is 1400. The summed E-state index contributed by atoms with van der Waals surface area (Å²) in [6, 6.07) is 19.0. The van der Waals surface area contributed by atoms with Crippen LogP contribution in [-0.4, -0.2) is 43.6 Å². The number of rotatable bonds is 6. The minimum atomic E-state index is -3.89. The van der Waals surface area contributed by atoms with Crippen LogP contribution in [0.3, 0.4) is 0 Å². The van der Waals surface area contributed by atoms with Crippen molar-refractivity contribution in [2.45, 2.75) is 23.8 Å². The van der Waals surface area contributed by atoms with Crippen LogP contribution in [0.25, 0.3) is 11.1 Å². The van der Waals surface area contributed by atoms with Crippen molar-refractivity contribution in [1.82, 2.24) is 4.90 Å². The van der Waals surface area contributed by atoms with Gasteiger partial charge >= 0.3 is 0 Å². The first-order chi connectivity index (χ1) is 16.6. The van der Waals surface area contributed by atoms with Gasteiger partial charge in [-0.1, -0.05) is 42.5 Å². The van der Waals surface area contributed by atoms with Gasteiger partial charge in [0.15, 0.2) is 0 Å². The number of nitrogen functional groups attached to an aromatic ring is 1. The minimum absolute atomic E-state index is 0.0192. The van der Waals surface area contributed by atoms with Crippen LogP contribution in [0.5, 0.6) is 0 Å². The fourth-order valence-electron chi connectivity index (χ4n) is 4.18. The molecule has 1 atom stereocenters. The summed E-state index contributed by atoms with van der Waals surface area (Å²) in [7, 11) is -3.89. The number of carbonyl (C=O) groups is 2. The van der Waals surface area contributed by atoms with Gasteiger partial charge in [0.05, 0.1) is 4.90 Å². The summed E-state index contributed by atoms with van der Waals surface area (Å²) in [6.45, 7) is 0.449. The summed E-state index contributed by atoms with van der Waals surface area (Å²) in [5.74, 6) is -0.734. The predicted molar refractivity (Wildman–Crippen MR) is 133 cm³/mol. The van der Waals surface area contributed by atoms with Gasteiger partial charge in [0.25, 0.3) is 5.91 Å². The van der Waals surface area contributed by atoms with Crippen LogP contribution in [0.4, 0.5) is 5.69 Å². The summed E-state index contributed by atoms with van der Waals surface area (Å²) in [5, 5.41) is 15.8. The van der Waals surface area contributed by atoms with Crippen LogP contribution in [0.1, 0.15) is 28.8 Å². The topological polar surface area (TPSA) is 159 Å². The van der Waals surface area contributed by atoms with E-state index in [0.29, 0.717) is 47.3 Å². The molecule has 9 nitrogen and oxygen atoms in total. The van der Waals surface area contributed by atoms with Gasteiger partial charge in [-0.2, -0.15) is 0 Å². The van der Waals surface area contributed by atoms with Crippen molar-refractivity contribution in [1.29, 1.82) is 5.41 Å².